The molecule has 32 heavy (non-hydrogen) atoms. The summed E-state index contributed by atoms with van der Waals surface area (Å²) in [6.45, 7) is 2.88. The third kappa shape index (κ3) is 7.02. The Labute approximate surface area is 195 Å². The smallest absolute Gasteiger partial charge is 0.305 e. The molecule has 0 spiro atoms. The zero-order chi connectivity index (χ0) is 22.6. The number of carbonyl (C=O) groups excluding carboxylic acids is 1. The average molecular weight is 452 g/mol. The molecule has 0 N–H and O–H groups in total. The van der Waals surface area contributed by atoms with Gasteiger partial charge in [-0.2, -0.15) is 0 Å². The maximum Gasteiger partial charge on any atom is 0.305 e. The number of benzene rings is 2. The molecule has 0 saturated heterocycles. The Kier molecular flexibility index (Phi) is 9.44. The fourth-order valence-electron chi connectivity index (χ4n) is 3.53. The van der Waals surface area contributed by atoms with E-state index in [4.69, 9.17) is 13.7 Å². The molecule has 5 nitrogen and oxygen atoms in total. The van der Waals surface area contributed by atoms with E-state index in [1.165, 1.54) is 0 Å². The Morgan fingerprint density at radius 3 is 2.19 bits per heavy atom. The Hall–Kier alpha value is -2.99. The molecule has 2 aromatic carbocycles. The van der Waals surface area contributed by atoms with Crippen molar-refractivity contribution in [2.75, 3.05) is 13.2 Å². The van der Waals surface area contributed by atoms with Crippen molar-refractivity contribution in [2.45, 2.75) is 38.5 Å². The van der Waals surface area contributed by atoms with Crippen LogP contribution in [0.4, 0.5) is 0 Å². The van der Waals surface area contributed by atoms with Gasteiger partial charge in [0.1, 0.15) is 11.5 Å². The van der Waals surface area contributed by atoms with Crippen molar-refractivity contribution in [3.63, 3.8) is 0 Å². The first-order chi connectivity index (χ1) is 15.7. The standard InChI is InChI=1S/C26H29NO4S/c1-2-29-25(28)9-4-3-7-19-30-22-14-10-20(11-15-22)26(24-8-5-6-18-27-24)21-12-16-23(31-32)17-13-21/h5-6,8,10-18,26,32H,2-4,7,9,19H2,1H3. The molecule has 168 valence electrons. The number of pyridine rings is 1. The van der Waals surface area contributed by atoms with Gasteiger partial charge in [-0.25, -0.2) is 0 Å². The summed E-state index contributed by atoms with van der Waals surface area (Å²) in [5, 5.41) is 0. The molecular weight excluding hydrogens is 422 g/mol. The first-order valence-electron chi connectivity index (χ1n) is 10.9. The lowest BCUT2D eigenvalue weighted by Crippen LogP contribution is -2.06. The first kappa shape index (κ1) is 23.7. The molecular formula is C26H29NO4S. The molecule has 0 aliphatic carbocycles. The molecule has 0 bridgehead atoms. The fourth-order valence-corrected chi connectivity index (χ4v) is 3.65. The maximum absolute atomic E-state index is 11.4. The fraction of sp³-hybridized carbons (Fsp3) is 0.308. The highest BCUT2D eigenvalue weighted by atomic mass is 32.1. The summed E-state index contributed by atoms with van der Waals surface area (Å²) in [4.78, 5) is 15.9. The van der Waals surface area contributed by atoms with Crippen LogP contribution in [-0.4, -0.2) is 24.2 Å². The largest absolute Gasteiger partial charge is 0.494 e. The third-order valence-electron chi connectivity index (χ3n) is 5.12. The van der Waals surface area contributed by atoms with Crippen LogP contribution in [0, 0.1) is 0 Å². The highest BCUT2D eigenvalue weighted by Gasteiger charge is 2.18. The number of hydrogen-bond donors (Lipinski definition) is 1. The topological polar surface area (TPSA) is 57.7 Å². The van der Waals surface area contributed by atoms with E-state index >= 15 is 0 Å². The molecule has 3 rings (SSSR count). The van der Waals surface area contributed by atoms with Gasteiger partial charge in [-0.15, -0.1) is 0 Å². The molecule has 0 aliphatic rings. The normalized spacial score (nSPS) is 11.6. The van der Waals surface area contributed by atoms with Crippen molar-refractivity contribution >= 4 is 18.9 Å². The number of nitrogens with zero attached hydrogens (tertiary/aromatic N) is 1. The van der Waals surface area contributed by atoms with Gasteiger partial charge in [0.25, 0.3) is 0 Å². The van der Waals surface area contributed by atoms with Crippen LogP contribution in [0.2, 0.25) is 0 Å². The van der Waals surface area contributed by atoms with E-state index in [0.29, 0.717) is 25.4 Å². The summed E-state index contributed by atoms with van der Waals surface area (Å²) in [6, 6.07) is 22.0. The Morgan fingerprint density at radius 1 is 0.906 bits per heavy atom. The molecule has 3 aromatic rings. The van der Waals surface area contributed by atoms with Gasteiger partial charge < -0.3 is 13.7 Å². The minimum absolute atomic E-state index is 0.00194. The second-order valence-electron chi connectivity index (χ2n) is 7.38. The number of hydrogen-bond acceptors (Lipinski definition) is 6. The number of unbranched alkanes of at least 4 members (excludes halogenated alkanes) is 2. The lowest BCUT2D eigenvalue weighted by atomic mass is 9.88. The molecule has 0 radical (unpaired) electrons. The van der Waals surface area contributed by atoms with Gasteiger partial charge in [-0.1, -0.05) is 30.3 Å². The van der Waals surface area contributed by atoms with Crippen molar-refractivity contribution in [2.24, 2.45) is 0 Å². The van der Waals surface area contributed by atoms with E-state index in [9.17, 15) is 4.79 Å². The Balaban J connectivity index is 1.60. The molecule has 0 fully saturated rings. The molecule has 1 unspecified atom stereocenters. The van der Waals surface area contributed by atoms with Crippen LogP contribution in [0.1, 0.15) is 55.3 Å². The minimum Gasteiger partial charge on any atom is -0.494 e. The van der Waals surface area contributed by atoms with Crippen molar-refractivity contribution in [1.29, 1.82) is 0 Å². The number of ether oxygens (including phenoxy) is 2. The molecule has 1 heterocycles. The number of esters is 1. The van der Waals surface area contributed by atoms with Crippen molar-refractivity contribution in [1.82, 2.24) is 4.98 Å². The van der Waals surface area contributed by atoms with Crippen LogP contribution in [0.3, 0.4) is 0 Å². The van der Waals surface area contributed by atoms with Gasteiger partial charge in [0, 0.05) is 25.5 Å². The van der Waals surface area contributed by atoms with Crippen LogP contribution >= 0.6 is 12.9 Å². The lowest BCUT2D eigenvalue weighted by Gasteiger charge is -2.18. The first-order valence-corrected chi connectivity index (χ1v) is 11.3. The van der Waals surface area contributed by atoms with E-state index < -0.39 is 0 Å². The zero-order valence-electron chi connectivity index (χ0n) is 18.3. The highest BCUT2D eigenvalue weighted by Crippen LogP contribution is 2.32. The third-order valence-corrected chi connectivity index (χ3v) is 5.33. The van der Waals surface area contributed by atoms with E-state index in [2.05, 4.69) is 30.0 Å². The van der Waals surface area contributed by atoms with E-state index in [1.807, 2.05) is 67.7 Å². The molecule has 0 amide bonds. The molecule has 0 saturated carbocycles. The quantitative estimate of drug-likeness (QED) is 0.159. The van der Waals surface area contributed by atoms with Gasteiger partial charge in [0.05, 0.1) is 24.8 Å². The summed E-state index contributed by atoms with van der Waals surface area (Å²) in [5.41, 5.74) is 3.22. The van der Waals surface area contributed by atoms with Crippen LogP contribution in [0.5, 0.6) is 11.5 Å². The predicted octanol–water partition coefficient (Wildman–Crippen LogP) is 5.99. The van der Waals surface area contributed by atoms with Crippen molar-refractivity contribution in [3.05, 3.63) is 89.7 Å². The molecule has 1 atom stereocenters. The van der Waals surface area contributed by atoms with Crippen LogP contribution in [0.25, 0.3) is 0 Å². The van der Waals surface area contributed by atoms with E-state index in [-0.39, 0.29) is 11.9 Å². The highest BCUT2D eigenvalue weighted by molar-refractivity contribution is 7.75. The van der Waals surface area contributed by atoms with E-state index in [1.54, 1.807) is 0 Å². The number of aromatic nitrogens is 1. The van der Waals surface area contributed by atoms with E-state index in [0.717, 1.165) is 41.8 Å². The summed E-state index contributed by atoms with van der Waals surface area (Å²) >= 11 is 3.86. The van der Waals surface area contributed by atoms with Gasteiger partial charge in [-0.3, -0.25) is 9.78 Å². The van der Waals surface area contributed by atoms with Crippen LogP contribution in [-0.2, 0) is 9.53 Å². The van der Waals surface area contributed by atoms with Crippen molar-refractivity contribution in [3.8, 4) is 11.5 Å². The lowest BCUT2D eigenvalue weighted by molar-refractivity contribution is -0.143. The SMILES string of the molecule is CCOC(=O)CCCCCOc1ccc(C(c2ccc(OS)cc2)c2ccccn2)cc1. The number of rotatable bonds is 12. The average Bonchev–Trinajstić information content (AvgIpc) is 2.84. The maximum atomic E-state index is 11.4. The molecule has 6 heteroatoms. The van der Waals surface area contributed by atoms with Gasteiger partial charge in [0.2, 0.25) is 0 Å². The predicted molar refractivity (Wildman–Crippen MR) is 128 cm³/mol. The minimum atomic E-state index is -0.126. The number of thiol groups is 1. The summed E-state index contributed by atoms with van der Waals surface area (Å²) in [7, 11) is 0. The van der Waals surface area contributed by atoms with Gasteiger partial charge in [0.15, 0.2) is 0 Å². The number of carbonyl (C=O) groups is 1. The van der Waals surface area contributed by atoms with Crippen molar-refractivity contribution < 1.29 is 18.5 Å². The van der Waals surface area contributed by atoms with Gasteiger partial charge >= 0.3 is 5.97 Å². The summed E-state index contributed by atoms with van der Waals surface area (Å²) in [5.74, 6) is 1.40. The summed E-state index contributed by atoms with van der Waals surface area (Å²) < 4.78 is 15.8. The Morgan fingerprint density at radius 2 is 1.59 bits per heavy atom. The monoisotopic (exact) mass is 451 g/mol. The van der Waals surface area contributed by atoms with Gasteiger partial charge in [-0.05, 0) is 73.7 Å². The molecule has 0 aliphatic heterocycles. The molecule has 1 aromatic heterocycles. The van der Waals surface area contributed by atoms with Crippen LogP contribution < -0.4 is 8.92 Å². The summed E-state index contributed by atoms with van der Waals surface area (Å²) in [6.07, 6.45) is 4.94. The Bertz CT molecular complexity index is 946. The van der Waals surface area contributed by atoms with Crippen LogP contribution in [0.15, 0.2) is 72.9 Å². The second-order valence-corrected chi connectivity index (χ2v) is 7.56. The second kappa shape index (κ2) is 12.8. The zero-order valence-corrected chi connectivity index (χ0v) is 19.2.